The molecule has 6 nitrogen and oxygen atoms in total. The lowest BCUT2D eigenvalue weighted by Crippen LogP contribution is -2.75. The van der Waals surface area contributed by atoms with Gasteiger partial charge in [0.2, 0.25) is 5.95 Å². The van der Waals surface area contributed by atoms with Crippen LogP contribution in [0.4, 0.5) is 10.3 Å². The quantitative estimate of drug-likeness (QED) is 0.660. The molecule has 3 heterocycles. The summed E-state index contributed by atoms with van der Waals surface area (Å²) in [6, 6.07) is 4.77. The van der Waals surface area contributed by atoms with E-state index in [2.05, 4.69) is 21.1 Å². The van der Waals surface area contributed by atoms with Crippen LogP contribution in [0.2, 0.25) is 5.02 Å². The standard InChI is InChI=1S/C22H24ClFN6/c1-14-9-29(13-25-14)22-10-21(11-22,12-22)27-20-26-19-18(4-2-3-5-30(19)28-20)15-6-16(23)8-17(24)7-15/h6-9,13,18H,2-5,10-12H2,1H3,(H,27,28)/t18-,21?,22?/m1/s1. The number of aromatic nitrogens is 5. The molecule has 3 saturated carbocycles. The molecule has 0 amide bonds. The lowest BCUT2D eigenvalue weighted by atomic mass is 9.44. The number of hydrogen-bond acceptors (Lipinski definition) is 4. The second-order valence-corrected chi connectivity index (χ2v) is 9.79. The number of imidazole rings is 1. The van der Waals surface area contributed by atoms with Crippen LogP contribution in [0.15, 0.2) is 30.7 Å². The molecule has 1 atom stereocenters. The van der Waals surface area contributed by atoms with E-state index >= 15 is 0 Å². The molecule has 2 aromatic heterocycles. The van der Waals surface area contributed by atoms with Crippen LogP contribution < -0.4 is 5.32 Å². The summed E-state index contributed by atoms with van der Waals surface area (Å²) in [6.45, 7) is 2.87. The van der Waals surface area contributed by atoms with Crippen LogP contribution in [-0.2, 0) is 12.1 Å². The zero-order valence-corrected chi connectivity index (χ0v) is 17.7. The monoisotopic (exact) mass is 426 g/mol. The summed E-state index contributed by atoms with van der Waals surface area (Å²) in [7, 11) is 0. The zero-order valence-electron chi connectivity index (χ0n) is 16.9. The van der Waals surface area contributed by atoms with Gasteiger partial charge in [-0.15, -0.1) is 5.10 Å². The smallest absolute Gasteiger partial charge is 0.242 e. The van der Waals surface area contributed by atoms with Crippen LogP contribution in [0.5, 0.6) is 0 Å². The molecule has 0 saturated heterocycles. The van der Waals surface area contributed by atoms with Gasteiger partial charge in [-0.05, 0) is 62.8 Å². The first-order valence-electron chi connectivity index (χ1n) is 10.6. The van der Waals surface area contributed by atoms with Gasteiger partial charge in [0.05, 0.1) is 17.6 Å². The van der Waals surface area contributed by atoms with Crippen molar-refractivity contribution >= 4 is 17.5 Å². The highest BCUT2D eigenvalue weighted by molar-refractivity contribution is 6.30. The predicted molar refractivity (Wildman–Crippen MR) is 112 cm³/mol. The van der Waals surface area contributed by atoms with E-state index in [-0.39, 0.29) is 22.8 Å². The van der Waals surface area contributed by atoms with E-state index in [0.717, 1.165) is 62.2 Å². The summed E-state index contributed by atoms with van der Waals surface area (Å²) in [6.07, 6.45) is 10.3. The van der Waals surface area contributed by atoms with E-state index in [9.17, 15) is 4.39 Å². The van der Waals surface area contributed by atoms with Gasteiger partial charge in [-0.25, -0.2) is 14.1 Å². The number of anilines is 1. The molecule has 2 bridgehead atoms. The van der Waals surface area contributed by atoms with Crippen molar-refractivity contribution in [3.05, 3.63) is 58.6 Å². The molecule has 3 aromatic rings. The highest BCUT2D eigenvalue weighted by Gasteiger charge is 2.69. The Morgan fingerprint density at radius 2 is 2.03 bits per heavy atom. The molecule has 7 rings (SSSR count). The molecule has 0 radical (unpaired) electrons. The largest absolute Gasteiger partial charge is 0.347 e. The van der Waals surface area contributed by atoms with Crippen molar-refractivity contribution < 1.29 is 4.39 Å². The molecular weight excluding hydrogens is 403 g/mol. The van der Waals surface area contributed by atoms with E-state index in [0.29, 0.717) is 11.0 Å². The molecule has 8 heteroatoms. The fraction of sp³-hybridized carbons (Fsp3) is 0.500. The van der Waals surface area contributed by atoms with Crippen molar-refractivity contribution in [2.75, 3.05) is 5.32 Å². The normalized spacial score (nSPS) is 29.5. The van der Waals surface area contributed by atoms with Crippen molar-refractivity contribution in [2.24, 2.45) is 0 Å². The molecule has 4 aliphatic rings. The van der Waals surface area contributed by atoms with Crippen LogP contribution in [0.3, 0.4) is 0 Å². The van der Waals surface area contributed by atoms with Gasteiger partial charge in [-0.2, -0.15) is 4.98 Å². The Morgan fingerprint density at radius 1 is 1.20 bits per heavy atom. The van der Waals surface area contributed by atoms with Crippen LogP contribution in [0.1, 0.15) is 61.5 Å². The van der Waals surface area contributed by atoms with Crippen molar-refractivity contribution in [1.29, 1.82) is 0 Å². The molecule has 1 N–H and O–H groups in total. The zero-order chi connectivity index (χ0) is 20.5. The molecule has 0 unspecified atom stereocenters. The Hall–Kier alpha value is -2.41. The average Bonchev–Trinajstić information content (AvgIpc) is 3.17. The van der Waals surface area contributed by atoms with E-state index in [1.54, 1.807) is 6.07 Å². The highest BCUT2D eigenvalue weighted by Crippen LogP contribution is 2.66. The average molecular weight is 427 g/mol. The van der Waals surface area contributed by atoms with E-state index in [4.69, 9.17) is 21.7 Å². The maximum atomic E-state index is 14.0. The summed E-state index contributed by atoms with van der Waals surface area (Å²) in [4.78, 5) is 9.25. The molecular formula is C22H24ClFN6. The van der Waals surface area contributed by atoms with Gasteiger partial charge in [0.15, 0.2) is 0 Å². The van der Waals surface area contributed by atoms with Gasteiger partial charge in [0.25, 0.3) is 0 Å². The minimum absolute atomic E-state index is 0.0112. The fourth-order valence-electron chi connectivity index (χ4n) is 5.72. The maximum absolute atomic E-state index is 14.0. The number of nitrogens with zero attached hydrogens (tertiary/aromatic N) is 5. The lowest BCUT2D eigenvalue weighted by molar-refractivity contribution is -0.100. The maximum Gasteiger partial charge on any atom is 0.242 e. The van der Waals surface area contributed by atoms with Gasteiger partial charge < -0.3 is 9.88 Å². The summed E-state index contributed by atoms with van der Waals surface area (Å²) in [5, 5.41) is 8.81. The van der Waals surface area contributed by atoms with Gasteiger partial charge in [0, 0.05) is 29.2 Å². The SMILES string of the molecule is Cc1cn(C23CC(Nc4nc5n(n4)CCCC[C@@H]5c4cc(F)cc(Cl)c4)(C2)C3)cn1. The number of aryl methyl sites for hydroxylation is 2. The Kier molecular flexibility index (Phi) is 3.85. The number of halogens is 2. The van der Waals surface area contributed by atoms with Crippen LogP contribution in [0.25, 0.3) is 0 Å². The summed E-state index contributed by atoms with van der Waals surface area (Å²) >= 11 is 6.12. The first-order valence-corrected chi connectivity index (χ1v) is 11.0. The Bertz CT molecular complexity index is 1090. The molecule has 156 valence electrons. The number of hydrogen-bond donors (Lipinski definition) is 1. The van der Waals surface area contributed by atoms with Crippen molar-refractivity contribution in [3.8, 4) is 0 Å². The van der Waals surface area contributed by atoms with E-state index in [1.807, 2.05) is 24.0 Å². The topological polar surface area (TPSA) is 60.6 Å². The molecule has 0 spiro atoms. The fourth-order valence-corrected chi connectivity index (χ4v) is 5.95. The first kappa shape index (κ1) is 18.4. The van der Waals surface area contributed by atoms with Crippen LogP contribution in [0, 0.1) is 12.7 Å². The van der Waals surface area contributed by atoms with Gasteiger partial charge in [-0.3, -0.25) is 0 Å². The predicted octanol–water partition coefficient (Wildman–Crippen LogP) is 4.64. The third-order valence-electron chi connectivity index (χ3n) is 7.05. The van der Waals surface area contributed by atoms with Crippen LogP contribution >= 0.6 is 11.6 Å². The van der Waals surface area contributed by atoms with Crippen LogP contribution in [-0.4, -0.2) is 29.9 Å². The highest BCUT2D eigenvalue weighted by atomic mass is 35.5. The van der Waals surface area contributed by atoms with Gasteiger partial charge in [0.1, 0.15) is 11.6 Å². The van der Waals surface area contributed by atoms with Gasteiger partial charge >= 0.3 is 0 Å². The summed E-state index contributed by atoms with van der Waals surface area (Å²) in [5.74, 6) is 1.30. The molecule has 1 aromatic carbocycles. The Labute approximate surface area is 179 Å². The molecule has 1 aliphatic heterocycles. The van der Waals surface area contributed by atoms with Crippen molar-refractivity contribution in [1.82, 2.24) is 24.3 Å². The first-order chi connectivity index (χ1) is 14.4. The van der Waals surface area contributed by atoms with Crippen molar-refractivity contribution in [3.63, 3.8) is 0 Å². The van der Waals surface area contributed by atoms with Crippen molar-refractivity contribution in [2.45, 2.75) is 69.0 Å². The molecule has 3 aliphatic carbocycles. The second-order valence-electron chi connectivity index (χ2n) is 9.35. The number of benzene rings is 1. The summed E-state index contributed by atoms with van der Waals surface area (Å²) < 4.78 is 18.2. The second kappa shape index (κ2) is 6.30. The summed E-state index contributed by atoms with van der Waals surface area (Å²) in [5.41, 5.74) is 2.24. The number of nitrogens with one attached hydrogen (secondary N) is 1. The minimum atomic E-state index is -0.305. The van der Waals surface area contributed by atoms with Gasteiger partial charge in [-0.1, -0.05) is 18.0 Å². The lowest BCUT2D eigenvalue weighted by Gasteiger charge is -2.70. The Morgan fingerprint density at radius 3 is 2.77 bits per heavy atom. The third kappa shape index (κ3) is 2.78. The van der Waals surface area contributed by atoms with E-state index in [1.165, 1.54) is 6.07 Å². The van der Waals surface area contributed by atoms with E-state index < -0.39 is 0 Å². The number of rotatable bonds is 4. The molecule has 3 fully saturated rings. The minimum Gasteiger partial charge on any atom is -0.347 e. The Balaban J connectivity index is 1.24. The number of fused-ring (bicyclic) bond motifs is 1. The third-order valence-corrected chi connectivity index (χ3v) is 7.27. The molecule has 30 heavy (non-hydrogen) atoms.